The Morgan fingerprint density at radius 2 is 1.47 bits per heavy atom. The summed E-state index contributed by atoms with van der Waals surface area (Å²) in [5, 5.41) is 11.7. The number of rotatable bonds is 6. The number of ether oxygens (including phenoxy) is 1. The lowest BCUT2D eigenvalue weighted by atomic mass is 9.95. The quantitative estimate of drug-likeness (QED) is 0.394. The highest BCUT2D eigenvalue weighted by Crippen LogP contribution is 2.45. The van der Waals surface area contributed by atoms with Crippen LogP contribution in [0.3, 0.4) is 0 Å². The number of benzene rings is 3. The van der Waals surface area contributed by atoms with E-state index in [0.717, 1.165) is 11.1 Å². The molecule has 0 aliphatic carbocycles. The van der Waals surface area contributed by atoms with E-state index in [9.17, 15) is 9.59 Å². The lowest BCUT2D eigenvalue weighted by molar-refractivity contribution is -0.144. The third-order valence-corrected chi connectivity index (χ3v) is 7.57. The van der Waals surface area contributed by atoms with Gasteiger partial charge < -0.3 is 15.0 Å². The topological polar surface area (TPSA) is 82.7 Å². The Kier molecular flexibility index (Phi) is 7.84. The lowest BCUT2D eigenvalue weighted by Gasteiger charge is -2.37. The van der Waals surface area contributed by atoms with Gasteiger partial charge in [-0.05, 0) is 54.4 Å². The van der Waals surface area contributed by atoms with Gasteiger partial charge in [0, 0.05) is 33.7 Å². The van der Waals surface area contributed by atoms with E-state index in [4.69, 9.17) is 39.5 Å². The molecule has 2 saturated heterocycles. The third kappa shape index (κ3) is 5.22. The zero-order valence-corrected chi connectivity index (χ0v) is 22.9. The molecule has 3 aromatic rings. The highest BCUT2D eigenvalue weighted by molar-refractivity contribution is 6.31. The first-order chi connectivity index (χ1) is 18.3. The Hall–Kier alpha value is -2.81. The molecule has 2 amide bonds. The summed E-state index contributed by atoms with van der Waals surface area (Å²) < 4.78 is 5.98. The Morgan fingerprint density at radius 3 is 2.00 bits per heavy atom. The van der Waals surface area contributed by atoms with Crippen LogP contribution >= 0.6 is 34.8 Å². The van der Waals surface area contributed by atoms with Crippen molar-refractivity contribution in [1.29, 1.82) is 0 Å². The fourth-order valence-electron chi connectivity index (χ4n) is 5.09. The van der Waals surface area contributed by atoms with E-state index in [1.165, 1.54) is 0 Å². The molecule has 0 spiro atoms. The zero-order chi connectivity index (χ0) is 26.9. The Labute approximate surface area is 236 Å². The van der Waals surface area contributed by atoms with E-state index in [2.05, 4.69) is 16.0 Å². The van der Waals surface area contributed by atoms with Gasteiger partial charge in [-0.2, -0.15) is 0 Å². The van der Waals surface area contributed by atoms with E-state index < -0.39 is 5.66 Å². The summed E-state index contributed by atoms with van der Waals surface area (Å²) in [6, 6.07) is 19.6. The van der Waals surface area contributed by atoms with E-state index in [1.54, 1.807) is 23.1 Å². The second-order valence-electron chi connectivity index (χ2n) is 9.25. The smallest absolute Gasteiger partial charge is 0.263 e. The van der Waals surface area contributed by atoms with Gasteiger partial charge in [0.05, 0.1) is 25.2 Å². The van der Waals surface area contributed by atoms with E-state index in [0.29, 0.717) is 46.1 Å². The summed E-state index contributed by atoms with van der Waals surface area (Å²) >= 11 is 18.7. The van der Waals surface area contributed by atoms with Crippen molar-refractivity contribution in [2.75, 3.05) is 26.2 Å². The summed E-state index contributed by atoms with van der Waals surface area (Å²) in [5.41, 5.74) is 1.01. The van der Waals surface area contributed by atoms with Crippen molar-refractivity contribution < 1.29 is 14.3 Å². The maximum atomic E-state index is 14.5. The fourth-order valence-corrected chi connectivity index (χ4v) is 5.50. The summed E-state index contributed by atoms with van der Waals surface area (Å²) in [5.74, 6) is -0.0186. The van der Waals surface area contributed by atoms with Gasteiger partial charge in [-0.15, -0.1) is 0 Å². The molecule has 3 aromatic carbocycles. The van der Waals surface area contributed by atoms with Crippen LogP contribution in [0.4, 0.5) is 0 Å². The van der Waals surface area contributed by atoms with Crippen LogP contribution in [0.1, 0.15) is 35.7 Å². The van der Waals surface area contributed by atoms with Gasteiger partial charge in [-0.3, -0.25) is 20.2 Å². The van der Waals surface area contributed by atoms with Crippen molar-refractivity contribution in [3.63, 3.8) is 0 Å². The van der Waals surface area contributed by atoms with Crippen molar-refractivity contribution in [2.24, 2.45) is 0 Å². The van der Waals surface area contributed by atoms with Crippen LogP contribution in [0.5, 0.6) is 5.75 Å². The molecule has 0 radical (unpaired) electrons. The summed E-state index contributed by atoms with van der Waals surface area (Å²) in [6.45, 7) is 2.96. The first-order valence-corrected chi connectivity index (χ1v) is 13.5. The molecule has 2 heterocycles. The van der Waals surface area contributed by atoms with Crippen LogP contribution in [0.15, 0.2) is 66.7 Å². The molecule has 0 saturated carbocycles. The zero-order valence-electron chi connectivity index (χ0n) is 20.6. The third-order valence-electron chi connectivity index (χ3n) is 6.83. The molecular formula is C28H27Cl3N4O3. The molecule has 7 nitrogen and oxygen atoms in total. The molecule has 38 heavy (non-hydrogen) atoms. The van der Waals surface area contributed by atoms with E-state index in [1.807, 2.05) is 55.5 Å². The summed E-state index contributed by atoms with van der Waals surface area (Å²) in [7, 11) is 0. The number of carbonyl (C=O) groups excluding carboxylic acids is 2. The van der Waals surface area contributed by atoms with Crippen molar-refractivity contribution in [3.8, 4) is 5.75 Å². The Bertz CT molecular complexity index is 1280. The minimum atomic E-state index is -1.43. The maximum absolute atomic E-state index is 14.5. The van der Waals surface area contributed by atoms with Crippen molar-refractivity contribution in [3.05, 3.63) is 98.5 Å². The SMILES string of the molecule is CCOc1cc(Cl)ccc1C1(C(=O)N2CCNC(=O)C2)NC(c2ccc(Cl)cc2)C(c2ccc(Cl)cc2)N1. The number of nitrogens with one attached hydrogen (secondary N) is 3. The van der Waals surface area contributed by atoms with Crippen LogP contribution in [0, 0.1) is 0 Å². The van der Waals surface area contributed by atoms with Crippen molar-refractivity contribution in [2.45, 2.75) is 24.7 Å². The van der Waals surface area contributed by atoms with Crippen molar-refractivity contribution >= 4 is 46.6 Å². The highest BCUT2D eigenvalue weighted by Gasteiger charge is 2.54. The minimum absolute atomic E-state index is 0.0429. The fraction of sp³-hybridized carbons (Fsp3) is 0.286. The molecule has 198 valence electrons. The largest absolute Gasteiger partial charge is 0.493 e. The number of halogens is 3. The van der Waals surface area contributed by atoms with Crippen LogP contribution in [-0.4, -0.2) is 43.0 Å². The normalized spacial score (nSPS) is 23.3. The van der Waals surface area contributed by atoms with Crippen LogP contribution < -0.4 is 20.7 Å². The van der Waals surface area contributed by atoms with Gasteiger partial charge in [-0.25, -0.2) is 0 Å². The van der Waals surface area contributed by atoms with Crippen LogP contribution in [-0.2, 0) is 15.3 Å². The molecule has 3 N–H and O–H groups in total. The van der Waals surface area contributed by atoms with Gasteiger partial charge in [0.15, 0.2) is 5.66 Å². The number of nitrogens with zero attached hydrogens (tertiary/aromatic N) is 1. The van der Waals surface area contributed by atoms with Gasteiger partial charge in [0.2, 0.25) is 5.91 Å². The Morgan fingerprint density at radius 1 is 0.921 bits per heavy atom. The average Bonchev–Trinajstić information content (AvgIpc) is 3.31. The average molecular weight is 574 g/mol. The number of amides is 2. The molecule has 10 heteroatoms. The van der Waals surface area contributed by atoms with Gasteiger partial charge >= 0.3 is 0 Å². The van der Waals surface area contributed by atoms with Gasteiger partial charge in [0.1, 0.15) is 5.75 Å². The van der Waals surface area contributed by atoms with Gasteiger partial charge in [-0.1, -0.05) is 65.1 Å². The van der Waals surface area contributed by atoms with E-state index >= 15 is 0 Å². The molecular weight excluding hydrogens is 547 g/mol. The van der Waals surface area contributed by atoms with Crippen LogP contribution in [0.25, 0.3) is 0 Å². The molecule has 2 atom stereocenters. The van der Waals surface area contributed by atoms with Gasteiger partial charge in [0.25, 0.3) is 5.91 Å². The first kappa shape index (κ1) is 26.8. The number of hydrogen-bond acceptors (Lipinski definition) is 5. The highest BCUT2D eigenvalue weighted by atomic mass is 35.5. The minimum Gasteiger partial charge on any atom is -0.493 e. The molecule has 2 aliphatic heterocycles. The summed E-state index contributed by atoms with van der Waals surface area (Å²) in [6.07, 6.45) is 0. The molecule has 2 fully saturated rings. The number of carbonyl (C=O) groups is 2. The monoisotopic (exact) mass is 572 g/mol. The van der Waals surface area contributed by atoms with E-state index in [-0.39, 0.29) is 30.4 Å². The molecule has 2 unspecified atom stereocenters. The number of piperazine rings is 1. The second kappa shape index (κ2) is 11.1. The standard InChI is InChI=1S/C28H27Cl3N4O3/c1-2-38-23-15-21(31)11-12-22(23)28(27(37)35-14-13-32-24(36)16-35)33-25(17-3-7-19(29)8-4-17)26(34-28)18-5-9-20(30)10-6-18/h3-12,15,25-26,33-34H,2,13-14,16H2,1H3,(H,32,36). The maximum Gasteiger partial charge on any atom is 0.263 e. The molecule has 5 rings (SSSR count). The van der Waals surface area contributed by atoms with Crippen molar-refractivity contribution in [1.82, 2.24) is 20.9 Å². The van der Waals surface area contributed by atoms with Crippen LogP contribution in [0.2, 0.25) is 15.1 Å². The first-order valence-electron chi connectivity index (χ1n) is 12.4. The molecule has 0 aromatic heterocycles. The summed E-state index contributed by atoms with van der Waals surface area (Å²) in [4.78, 5) is 28.3. The molecule has 2 aliphatic rings. The Balaban J connectivity index is 1.68. The predicted molar refractivity (Wildman–Crippen MR) is 149 cm³/mol. The number of hydrogen-bond donors (Lipinski definition) is 3. The predicted octanol–water partition coefficient (Wildman–Crippen LogP) is 4.83. The lowest BCUT2D eigenvalue weighted by Crippen LogP contribution is -2.62. The molecule has 0 bridgehead atoms. The second-order valence-corrected chi connectivity index (χ2v) is 10.6.